The molecule has 0 radical (unpaired) electrons. The Kier molecular flexibility index (Phi) is 3.79. The highest BCUT2D eigenvalue weighted by Crippen LogP contribution is 2.80. The van der Waals surface area contributed by atoms with Crippen LogP contribution in [0.25, 0.3) is 0 Å². The van der Waals surface area contributed by atoms with E-state index in [0.29, 0.717) is 0 Å². The standard InChI is InChI=1S/C11H3F17/c1-2(12)3(13)4(14,7(19,20)9(23,24)5(2,15)16)8(21,22)11(27,28)10(25,26)6(3,17)18/h1H3/t2-,3+,4+/m1/s1. The fourth-order valence-corrected chi connectivity index (χ4v) is 3.22. The van der Waals surface area contributed by atoms with Crippen molar-refractivity contribution in [3.8, 4) is 0 Å². The fourth-order valence-electron chi connectivity index (χ4n) is 3.22. The highest BCUT2D eigenvalue weighted by atomic mass is 19.4. The largest absolute Gasteiger partial charge is 0.382 e. The number of hydrogen-bond donors (Lipinski definition) is 0. The Bertz CT molecular complexity index is 588. The molecular weight excluding hydrogens is 455 g/mol. The summed E-state index contributed by atoms with van der Waals surface area (Å²) >= 11 is 0. The van der Waals surface area contributed by atoms with E-state index in [2.05, 4.69) is 0 Å². The first-order valence-electron chi connectivity index (χ1n) is 6.46. The van der Waals surface area contributed by atoms with E-state index in [1.807, 2.05) is 0 Å². The van der Waals surface area contributed by atoms with Crippen LogP contribution in [0.4, 0.5) is 74.6 Å². The summed E-state index contributed by atoms with van der Waals surface area (Å²) in [6.45, 7) is -1.63. The van der Waals surface area contributed by atoms with Crippen molar-refractivity contribution in [2.45, 2.75) is 65.4 Å². The van der Waals surface area contributed by atoms with Gasteiger partial charge in [-0.15, -0.1) is 0 Å². The van der Waals surface area contributed by atoms with Gasteiger partial charge in [0.05, 0.1) is 0 Å². The summed E-state index contributed by atoms with van der Waals surface area (Å²) in [6, 6.07) is 0. The number of fused-ring (bicyclic) bond motifs is 1. The van der Waals surface area contributed by atoms with E-state index < -0.39 is 65.4 Å². The molecule has 0 saturated heterocycles. The molecule has 0 nitrogen and oxygen atoms in total. The molecule has 0 aliphatic heterocycles. The summed E-state index contributed by atoms with van der Waals surface area (Å²) in [5.41, 5.74) is -23.2. The van der Waals surface area contributed by atoms with Crippen LogP contribution < -0.4 is 0 Å². The van der Waals surface area contributed by atoms with Gasteiger partial charge in [0.1, 0.15) is 0 Å². The summed E-state index contributed by atoms with van der Waals surface area (Å²) in [5, 5.41) is 0. The zero-order valence-electron chi connectivity index (χ0n) is 12.4. The number of rotatable bonds is 0. The Balaban J connectivity index is 3.23. The van der Waals surface area contributed by atoms with Crippen molar-refractivity contribution in [1.29, 1.82) is 0 Å². The molecule has 17 heteroatoms. The lowest BCUT2D eigenvalue weighted by Gasteiger charge is -2.64. The predicted octanol–water partition coefficient (Wildman–Crippen LogP) is 5.61. The lowest BCUT2D eigenvalue weighted by Crippen LogP contribution is -2.98. The van der Waals surface area contributed by atoms with Crippen LogP contribution in [0.2, 0.25) is 0 Å². The molecule has 0 bridgehead atoms. The minimum Gasteiger partial charge on any atom is -0.233 e. The molecule has 0 amide bonds. The van der Waals surface area contributed by atoms with Crippen LogP contribution in [0.1, 0.15) is 6.92 Å². The van der Waals surface area contributed by atoms with E-state index >= 15 is 0 Å². The van der Waals surface area contributed by atoms with Gasteiger partial charge in [0, 0.05) is 0 Å². The molecule has 2 saturated carbocycles. The Morgan fingerprint density at radius 3 is 0.786 bits per heavy atom. The third-order valence-corrected chi connectivity index (χ3v) is 4.98. The van der Waals surface area contributed by atoms with E-state index in [1.54, 1.807) is 0 Å². The SMILES string of the molecule is C[C@]1(F)C(F)(F)C(F)(F)C(F)(F)[C@]2(F)C(F)(F)C(F)(F)C(F)(F)C(F)(F)[C@@]21F. The number of halogens is 17. The van der Waals surface area contributed by atoms with Gasteiger partial charge in [0.2, 0.25) is 5.67 Å². The lowest BCUT2D eigenvalue weighted by atomic mass is 9.51. The van der Waals surface area contributed by atoms with Gasteiger partial charge in [-0.1, -0.05) is 0 Å². The van der Waals surface area contributed by atoms with Gasteiger partial charge in [-0.05, 0) is 6.92 Å². The van der Waals surface area contributed by atoms with E-state index in [1.165, 1.54) is 0 Å². The first kappa shape index (κ1) is 23.1. The molecule has 0 heterocycles. The van der Waals surface area contributed by atoms with Crippen LogP contribution in [-0.2, 0) is 0 Å². The monoisotopic (exact) mass is 458 g/mol. The second-order valence-corrected chi connectivity index (χ2v) is 6.34. The van der Waals surface area contributed by atoms with Crippen LogP contribution in [0.15, 0.2) is 0 Å². The van der Waals surface area contributed by atoms with Crippen molar-refractivity contribution in [3.05, 3.63) is 0 Å². The summed E-state index contributed by atoms with van der Waals surface area (Å²) < 4.78 is 231. The summed E-state index contributed by atoms with van der Waals surface area (Å²) in [6.07, 6.45) is 0. The first-order valence-corrected chi connectivity index (χ1v) is 6.46. The molecule has 2 aliphatic carbocycles. The minimum absolute atomic E-state index is 1.63. The van der Waals surface area contributed by atoms with Gasteiger partial charge in [-0.2, -0.15) is 61.5 Å². The summed E-state index contributed by atoms with van der Waals surface area (Å²) in [4.78, 5) is 0. The molecule has 0 N–H and O–H groups in total. The Hall–Kier alpha value is -1.19. The Labute approximate surface area is 141 Å². The molecule has 2 aliphatic rings. The molecule has 0 spiro atoms. The Morgan fingerprint density at radius 1 is 0.286 bits per heavy atom. The van der Waals surface area contributed by atoms with Crippen LogP contribution in [0.3, 0.4) is 0 Å². The van der Waals surface area contributed by atoms with Crippen LogP contribution >= 0.6 is 0 Å². The molecule has 0 unspecified atom stereocenters. The van der Waals surface area contributed by atoms with Gasteiger partial charge >= 0.3 is 41.5 Å². The van der Waals surface area contributed by atoms with Crippen molar-refractivity contribution in [1.82, 2.24) is 0 Å². The van der Waals surface area contributed by atoms with E-state index in [9.17, 15) is 74.6 Å². The van der Waals surface area contributed by atoms with Gasteiger partial charge in [0.25, 0.3) is 11.3 Å². The first-order chi connectivity index (χ1) is 11.8. The molecule has 0 aromatic rings. The van der Waals surface area contributed by atoms with Gasteiger partial charge < -0.3 is 0 Å². The molecular formula is C11H3F17. The molecule has 3 atom stereocenters. The highest BCUT2D eigenvalue weighted by Gasteiger charge is 3.13. The summed E-state index contributed by atoms with van der Waals surface area (Å²) in [5.74, 6) is -56.0. The van der Waals surface area contributed by atoms with Gasteiger partial charge in [0.15, 0.2) is 0 Å². The van der Waals surface area contributed by atoms with Gasteiger partial charge in [-0.25, -0.2) is 13.2 Å². The minimum atomic E-state index is -8.27. The maximum absolute atomic E-state index is 14.5. The summed E-state index contributed by atoms with van der Waals surface area (Å²) in [7, 11) is 0. The second kappa shape index (κ2) is 4.59. The van der Waals surface area contributed by atoms with E-state index in [-0.39, 0.29) is 0 Å². The lowest BCUT2D eigenvalue weighted by molar-refractivity contribution is -0.545. The van der Waals surface area contributed by atoms with Crippen molar-refractivity contribution in [3.63, 3.8) is 0 Å². The second-order valence-electron chi connectivity index (χ2n) is 6.34. The molecule has 0 aromatic heterocycles. The average molecular weight is 458 g/mol. The fraction of sp³-hybridized carbons (Fsp3) is 1.00. The number of hydrogen-bond acceptors (Lipinski definition) is 0. The maximum atomic E-state index is 14.5. The van der Waals surface area contributed by atoms with Crippen molar-refractivity contribution >= 4 is 0 Å². The van der Waals surface area contributed by atoms with Crippen LogP contribution in [0.5, 0.6) is 0 Å². The van der Waals surface area contributed by atoms with Crippen LogP contribution in [-0.4, -0.2) is 58.5 Å². The molecule has 166 valence electrons. The van der Waals surface area contributed by atoms with Crippen molar-refractivity contribution in [2.75, 3.05) is 0 Å². The topological polar surface area (TPSA) is 0 Å². The zero-order valence-corrected chi connectivity index (χ0v) is 12.4. The predicted molar refractivity (Wildman–Crippen MR) is 51.8 cm³/mol. The molecule has 0 aromatic carbocycles. The Morgan fingerprint density at radius 2 is 0.500 bits per heavy atom. The van der Waals surface area contributed by atoms with Crippen molar-refractivity contribution < 1.29 is 74.6 Å². The smallest absolute Gasteiger partial charge is 0.233 e. The van der Waals surface area contributed by atoms with Crippen molar-refractivity contribution in [2.24, 2.45) is 0 Å². The quantitative estimate of drug-likeness (QED) is 0.415. The van der Waals surface area contributed by atoms with E-state index in [0.717, 1.165) is 0 Å². The molecule has 2 rings (SSSR count). The molecule has 2 fully saturated rings. The van der Waals surface area contributed by atoms with Crippen LogP contribution in [0, 0.1) is 0 Å². The third-order valence-electron chi connectivity index (χ3n) is 4.98. The normalized spacial score (nSPS) is 46.5. The highest BCUT2D eigenvalue weighted by molar-refractivity contribution is 5.43. The zero-order chi connectivity index (χ0) is 23.0. The number of alkyl halides is 17. The third kappa shape index (κ3) is 1.47. The van der Waals surface area contributed by atoms with E-state index in [4.69, 9.17) is 0 Å². The molecule has 28 heavy (non-hydrogen) atoms. The maximum Gasteiger partial charge on any atom is 0.382 e. The van der Waals surface area contributed by atoms with Gasteiger partial charge in [-0.3, -0.25) is 0 Å². The average Bonchev–Trinajstić information content (AvgIpc) is 2.49.